The summed E-state index contributed by atoms with van der Waals surface area (Å²) < 4.78 is 30.9. The second-order valence-corrected chi connectivity index (χ2v) is 5.55. The monoisotopic (exact) mass is 284 g/mol. The fraction of sp³-hybridized carbons (Fsp3) is 0.455. The van der Waals surface area contributed by atoms with Crippen molar-refractivity contribution in [3.63, 3.8) is 0 Å². The number of nitrogens with zero attached hydrogens (tertiary/aromatic N) is 4. The van der Waals surface area contributed by atoms with E-state index in [0.717, 1.165) is 0 Å². The van der Waals surface area contributed by atoms with E-state index in [1.807, 2.05) is 0 Å². The molecule has 0 aliphatic heterocycles. The first-order chi connectivity index (χ1) is 9.01. The molecule has 0 bridgehead atoms. The molecule has 1 rings (SSSR count). The second-order valence-electron chi connectivity index (χ2n) is 3.61. The first-order valence-corrected chi connectivity index (χ1v) is 7.18. The van der Waals surface area contributed by atoms with Crippen molar-refractivity contribution < 1.29 is 13.2 Å². The molecular weight excluding hydrogens is 268 g/mol. The lowest BCUT2D eigenvalue weighted by Gasteiger charge is -2.18. The number of sulfonamides is 1. The number of hydrogen-bond acceptors (Lipinski definition) is 4. The molecule has 1 aromatic carbocycles. The Bertz CT molecular complexity index is 590. The number of methoxy groups -OCH3 is 1. The van der Waals surface area contributed by atoms with E-state index in [-0.39, 0.29) is 10.6 Å². The Morgan fingerprint density at radius 3 is 2.47 bits per heavy atom. The quantitative estimate of drug-likeness (QED) is 0.456. The zero-order valence-corrected chi connectivity index (χ0v) is 11.9. The number of ether oxygens (including phenoxy) is 1. The van der Waals surface area contributed by atoms with Gasteiger partial charge in [0, 0.05) is 18.0 Å². The van der Waals surface area contributed by atoms with Crippen LogP contribution in [0.15, 0.2) is 28.2 Å². The fourth-order valence-corrected chi connectivity index (χ4v) is 3.15. The number of azide groups is 1. The SMILES string of the molecule is CCN(CC)S(=O)(=O)c1ccc(OC)c(N=[N+]=[N-])c1. The third kappa shape index (κ3) is 3.17. The first-order valence-electron chi connectivity index (χ1n) is 5.74. The van der Waals surface area contributed by atoms with Crippen molar-refractivity contribution >= 4 is 15.7 Å². The van der Waals surface area contributed by atoms with E-state index in [0.29, 0.717) is 18.8 Å². The Labute approximate surface area is 112 Å². The average Bonchev–Trinajstić information content (AvgIpc) is 2.40. The van der Waals surface area contributed by atoms with Crippen LogP contribution in [0.3, 0.4) is 0 Å². The molecule has 0 amide bonds. The minimum Gasteiger partial charge on any atom is -0.496 e. The van der Waals surface area contributed by atoms with E-state index in [4.69, 9.17) is 10.3 Å². The molecule has 7 nitrogen and oxygen atoms in total. The maximum Gasteiger partial charge on any atom is 0.243 e. The van der Waals surface area contributed by atoms with Crippen molar-refractivity contribution in [2.24, 2.45) is 5.11 Å². The third-order valence-electron chi connectivity index (χ3n) is 2.65. The predicted octanol–water partition coefficient (Wildman–Crippen LogP) is 2.67. The summed E-state index contributed by atoms with van der Waals surface area (Å²) in [5, 5.41) is 3.44. The zero-order chi connectivity index (χ0) is 14.5. The maximum atomic E-state index is 12.3. The van der Waals surface area contributed by atoms with Crippen LogP contribution < -0.4 is 4.74 Å². The van der Waals surface area contributed by atoms with Gasteiger partial charge in [0.05, 0.1) is 17.7 Å². The Morgan fingerprint density at radius 1 is 1.37 bits per heavy atom. The van der Waals surface area contributed by atoms with Crippen LogP contribution in [0.25, 0.3) is 10.4 Å². The van der Waals surface area contributed by atoms with Gasteiger partial charge in [-0.2, -0.15) is 4.31 Å². The van der Waals surface area contributed by atoms with Crippen molar-refractivity contribution in [2.75, 3.05) is 20.2 Å². The number of hydrogen-bond donors (Lipinski definition) is 0. The summed E-state index contributed by atoms with van der Waals surface area (Å²) in [5.74, 6) is 0.330. The topological polar surface area (TPSA) is 95.4 Å². The largest absolute Gasteiger partial charge is 0.496 e. The molecule has 0 aliphatic carbocycles. The normalized spacial score (nSPS) is 11.2. The summed E-state index contributed by atoms with van der Waals surface area (Å²) >= 11 is 0. The molecule has 0 saturated heterocycles. The molecule has 19 heavy (non-hydrogen) atoms. The Balaban J connectivity index is 3.36. The van der Waals surface area contributed by atoms with Crippen LogP contribution in [0.1, 0.15) is 13.8 Å². The lowest BCUT2D eigenvalue weighted by Crippen LogP contribution is -2.30. The molecule has 0 atom stereocenters. The lowest BCUT2D eigenvalue weighted by molar-refractivity contribution is 0.415. The Kier molecular flexibility index (Phi) is 5.17. The first kappa shape index (κ1) is 15.3. The average molecular weight is 284 g/mol. The minimum atomic E-state index is -3.57. The molecule has 0 aromatic heterocycles. The van der Waals surface area contributed by atoms with Crippen molar-refractivity contribution in [2.45, 2.75) is 18.7 Å². The zero-order valence-electron chi connectivity index (χ0n) is 11.1. The van der Waals surface area contributed by atoms with E-state index in [9.17, 15) is 8.42 Å². The van der Waals surface area contributed by atoms with E-state index in [2.05, 4.69) is 10.0 Å². The van der Waals surface area contributed by atoms with Crippen LogP contribution in [0.4, 0.5) is 5.69 Å². The van der Waals surface area contributed by atoms with Crippen LogP contribution in [-0.2, 0) is 10.0 Å². The fourth-order valence-electron chi connectivity index (χ4n) is 1.67. The Hall–Kier alpha value is -1.76. The van der Waals surface area contributed by atoms with Crippen molar-refractivity contribution in [3.8, 4) is 5.75 Å². The summed E-state index contributed by atoms with van der Waals surface area (Å²) in [4.78, 5) is 2.74. The van der Waals surface area contributed by atoms with Gasteiger partial charge in [-0.15, -0.1) is 0 Å². The summed E-state index contributed by atoms with van der Waals surface area (Å²) in [5.41, 5.74) is 8.63. The molecule has 0 saturated carbocycles. The molecule has 8 heteroatoms. The van der Waals surface area contributed by atoms with Crippen LogP contribution in [0.5, 0.6) is 5.75 Å². The second kappa shape index (κ2) is 6.42. The number of rotatable bonds is 6. The highest BCUT2D eigenvalue weighted by Gasteiger charge is 2.22. The van der Waals surface area contributed by atoms with Gasteiger partial charge >= 0.3 is 0 Å². The maximum absolute atomic E-state index is 12.3. The summed E-state index contributed by atoms with van der Waals surface area (Å²) in [6, 6.07) is 4.22. The molecule has 0 aliphatic rings. The van der Waals surface area contributed by atoms with E-state index in [1.165, 1.54) is 29.6 Å². The van der Waals surface area contributed by atoms with Gasteiger partial charge in [0.15, 0.2) is 0 Å². The predicted molar refractivity (Wildman–Crippen MR) is 71.9 cm³/mol. The summed E-state index contributed by atoms with van der Waals surface area (Å²) in [6.07, 6.45) is 0. The third-order valence-corrected chi connectivity index (χ3v) is 4.69. The van der Waals surface area contributed by atoms with E-state index >= 15 is 0 Å². The van der Waals surface area contributed by atoms with Gasteiger partial charge in [-0.05, 0) is 23.7 Å². The Morgan fingerprint density at radius 2 is 2.00 bits per heavy atom. The highest BCUT2D eigenvalue weighted by Crippen LogP contribution is 2.31. The molecular formula is C11H16N4O3S. The van der Waals surface area contributed by atoms with Gasteiger partial charge in [0.2, 0.25) is 10.0 Å². The molecule has 1 aromatic rings. The smallest absolute Gasteiger partial charge is 0.243 e. The van der Waals surface area contributed by atoms with Gasteiger partial charge in [-0.3, -0.25) is 0 Å². The van der Waals surface area contributed by atoms with Gasteiger partial charge in [-0.1, -0.05) is 19.0 Å². The van der Waals surface area contributed by atoms with Crippen molar-refractivity contribution in [1.82, 2.24) is 4.31 Å². The van der Waals surface area contributed by atoms with Crippen molar-refractivity contribution in [1.29, 1.82) is 0 Å². The molecule has 0 fully saturated rings. The van der Waals surface area contributed by atoms with Crippen LogP contribution >= 0.6 is 0 Å². The summed E-state index contributed by atoms with van der Waals surface area (Å²) in [7, 11) is -2.15. The summed E-state index contributed by atoms with van der Waals surface area (Å²) in [6.45, 7) is 4.28. The highest BCUT2D eigenvalue weighted by atomic mass is 32.2. The lowest BCUT2D eigenvalue weighted by atomic mass is 10.3. The van der Waals surface area contributed by atoms with Gasteiger partial charge in [0.25, 0.3) is 0 Å². The van der Waals surface area contributed by atoms with Gasteiger partial charge in [-0.25, -0.2) is 8.42 Å². The van der Waals surface area contributed by atoms with Crippen LogP contribution in [0.2, 0.25) is 0 Å². The molecule has 0 heterocycles. The molecule has 0 unspecified atom stereocenters. The van der Waals surface area contributed by atoms with E-state index < -0.39 is 10.0 Å². The highest BCUT2D eigenvalue weighted by molar-refractivity contribution is 7.89. The standard InChI is InChI=1S/C11H16N4O3S/c1-4-15(5-2)19(16,17)9-6-7-11(18-3)10(8-9)13-14-12/h6-8H,4-5H2,1-3H3. The number of benzene rings is 1. The molecule has 0 N–H and O–H groups in total. The van der Waals surface area contributed by atoms with Crippen LogP contribution in [-0.4, -0.2) is 32.9 Å². The van der Waals surface area contributed by atoms with Gasteiger partial charge in [0.1, 0.15) is 5.75 Å². The minimum absolute atomic E-state index is 0.0828. The van der Waals surface area contributed by atoms with Gasteiger partial charge < -0.3 is 4.74 Å². The van der Waals surface area contributed by atoms with Crippen molar-refractivity contribution in [3.05, 3.63) is 28.6 Å². The van der Waals surface area contributed by atoms with Crippen LogP contribution in [0, 0.1) is 0 Å². The molecule has 0 spiro atoms. The molecule has 104 valence electrons. The van der Waals surface area contributed by atoms with E-state index in [1.54, 1.807) is 13.8 Å². The molecule has 0 radical (unpaired) electrons.